The molecule has 0 spiro atoms. The van der Waals surface area contributed by atoms with Crippen molar-refractivity contribution in [2.75, 3.05) is 20.1 Å². The van der Waals surface area contributed by atoms with Crippen LogP contribution >= 0.6 is 24.8 Å². The summed E-state index contributed by atoms with van der Waals surface area (Å²) in [5.41, 5.74) is 7.89. The first kappa shape index (κ1) is 23.6. The molecule has 2 aromatic rings. The van der Waals surface area contributed by atoms with Gasteiger partial charge in [-0.05, 0) is 38.8 Å². The zero-order chi connectivity index (χ0) is 17.4. The van der Waals surface area contributed by atoms with E-state index in [2.05, 4.69) is 23.9 Å². The number of hydrogen-bond donors (Lipinski definition) is 1. The van der Waals surface area contributed by atoms with Crippen molar-refractivity contribution in [2.45, 2.75) is 40.7 Å². The molecular weight excluding hydrogens is 361 g/mol. The number of nitrogens with two attached hydrogens (primary N) is 1. The van der Waals surface area contributed by atoms with Crippen LogP contribution in [0.4, 0.5) is 0 Å². The number of rotatable bonds is 5. The molecule has 0 aliphatic carbocycles. The molecule has 2 heterocycles. The molecule has 0 aliphatic heterocycles. The van der Waals surface area contributed by atoms with Crippen LogP contribution in [0.1, 0.15) is 49.8 Å². The Balaban J connectivity index is 0.00000288. The molecule has 142 valence electrons. The number of amides is 1. The number of halogens is 2. The van der Waals surface area contributed by atoms with E-state index in [1.165, 1.54) is 0 Å². The van der Waals surface area contributed by atoms with E-state index in [9.17, 15) is 4.79 Å². The number of carbonyl (C=O) groups is 1. The largest absolute Gasteiger partial charge is 0.341 e. The maximum atomic E-state index is 12.9. The number of carbonyl (C=O) groups excluding carboxylic acids is 1. The summed E-state index contributed by atoms with van der Waals surface area (Å²) in [5.74, 6) is -0.0228. The van der Waals surface area contributed by atoms with Crippen LogP contribution in [-0.4, -0.2) is 45.7 Å². The minimum atomic E-state index is -0.117. The highest BCUT2D eigenvalue weighted by Gasteiger charge is 2.24. The van der Waals surface area contributed by atoms with Crippen molar-refractivity contribution in [2.24, 2.45) is 11.1 Å². The lowest BCUT2D eigenvalue weighted by Gasteiger charge is -2.29. The fourth-order valence-electron chi connectivity index (χ4n) is 2.68. The lowest BCUT2D eigenvalue weighted by Crippen LogP contribution is -2.39. The Kier molecular flexibility index (Phi) is 8.34. The molecule has 0 fully saturated rings. The van der Waals surface area contributed by atoms with Crippen LogP contribution in [0.2, 0.25) is 0 Å². The van der Waals surface area contributed by atoms with Crippen LogP contribution in [0.15, 0.2) is 12.3 Å². The zero-order valence-electron chi connectivity index (χ0n) is 15.7. The predicted molar refractivity (Wildman–Crippen MR) is 107 cm³/mol. The molecule has 2 N–H and O–H groups in total. The van der Waals surface area contributed by atoms with Crippen molar-refractivity contribution < 1.29 is 4.79 Å². The van der Waals surface area contributed by atoms with Gasteiger partial charge < -0.3 is 10.6 Å². The number of pyridine rings is 1. The highest BCUT2D eigenvalue weighted by Crippen LogP contribution is 2.23. The molecule has 0 aromatic carbocycles. The average molecular weight is 390 g/mol. The highest BCUT2D eigenvalue weighted by atomic mass is 35.5. The van der Waals surface area contributed by atoms with E-state index in [0.717, 1.165) is 16.7 Å². The van der Waals surface area contributed by atoms with Crippen LogP contribution in [0.3, 0.4) is 0 Å². The summed E-state index contributed by atoms with van der Waals surface area (Å²) in [7, 11) is 1.81. The highest BCUT2D eigenvalue weighted by molar-refractivity contribution is 6.05. The number of aryl methyl sites for hydroxylation is 1. The van der Waals surface area contributed by atoms with Gasteiger partial charge in [0.05, 0.1) is 17.1 Å². The summed E-state index contributed by atoms with van der Waals surface area (Å²) in [5, 5.41) is 5.19. The molecule has 0 atom stereocenters. The van der Waals surface area contributed by atoms with Crippen molar-refractivity contribution >= 4 is 41.8 Å². The molecule has 0 unspecified atom stereocenters. The molecule has 2 rings (SSSR count). The summed E-state index contributed by atoms with van der Waals surface area (Å²) in [6.45, 7) is 11.2. The molecule has 8 heteroatoms. The van der Waals surface area contributed by atoms with Gasteiger partial charge >= 0.3 is 0 Å². The van der Waals surface area contributed by atoms with Crippen LogP contribution in [0.5, 0.6) is 0 Å². The Morgan fingerprint density at radius 2 is 1.96 bits per heavy atom. The summed E-state index contributed by atoms with van der Waals surface area (Å²) in [6, 6.07) is 2.03. The fourth-order valence-corrected chi connectivity index (χ4v) is 2.68. The van der Waals surface area contributed by atoms with Gasteiger partial charge in [0, 0.05) is 25.3 Å². The second-order valence-corrected chi connectivity index (χ2v) is 7.26. The zero-order valence-corrected chi connectivity index (χ0v) is 17.4. The second kappa shape index (κ2) is 8.83. The normalized spacial score (nSPS) is 11.2. The molecule has 6 nitrogen and oxygen atoms in total. The molecule has 2 aromatic heterocycles. The van der Waals surface area contributed by atoms with Gasteiger partial charge in [0.2, 0.25) is 0 Å². The van der Waals surface area contributed by atoms with Crippen LogP contribution in [0.25, 0.3) is 11.0 Å². The van der Waals surface area contributed by atoms with Crippen molar-refractivity contribution in [1.29, 1.82) is 0 Å². The average Bonchev–Trinajstić information content (AvgIpc) is 2.88. The van der Waals surface area contributed by atoms with E-state index in [0.29, 0.717) is 18.7 Å². The second-order valence-electron chi connectivity index (χ2n) is 7.26. The van der Waals surface area contributed by atoms with Gasteiger partial charge in [-0.25, -0.2) is 9.67 Å². The van der Waals surface area contributed by atoms with Gasteiger partial charge in [-0.2, -0.15) is 5.10 Å². The molecule has 0 bridgehead atoms. The SMILES string of the molecule is Cc1cc(C(=O)N(C)CC(C)(C)CN)c2cnn(C(C)C)c2n1.Cl.Cl. The van der Waals surface area contributed by atoms with Gasteiger partial charge in [-0.1, -0.05) is 13.8 Å². The first-order valence-electron chi connectivity index (χ1n) is 7.96. The van der Waals surface area contributed by atoms with Crippen molar-refractivity contribution in [3.8, 4) is 0 Å². The lowest BCUT2D eigenvalue weighted by atomic mass is 9.93. The van der Waals surface area contributed by atoms with Gasteiger partial charge in [0.15, 0.2) is 5.65 Å². The lowest BCUT2D eigenvalue weighted by molar-refractivity contribution is 0.0742. The maximum Gasteiger partial charge on any atom is 0.254 e. The summed E-state index contributed by atoms with van der Waals surface area (Å²) >= 11 is 0. The molecule has 0 saturated carbocycles. The molecule has 0 aliphatic rings. The first-order chi connectivity index (χ1) is 10.7. The third-order valence-electron chi connectivity index (χ3n) is 3.98. The number of nitrogens with zero attached hydrogens (tertiary/aromatic N) is 4. The van der Waals surface area contributed by atoms with E-state index in [1.807, 2.05) is 38.6 Å². The summed E-state index contributed by atoms with van der Waals surface area (Å²) in [4.78, 5) is 19.2. The minimum Gasteiger partial charge on any atom is -0.341 e. The van der Waals surface area contributed by atoms with Crippen molar-refractivity contribution in [3.05, 3.63) is 23.5 Å². The first-order valence-corrected chi connectivity index (χ1v) is 7.96. The van der Waals surface area contributed by atoms with Gasteiger partial charge in [-0.15, -0.1) is 24.8 Å². The van der Waals surface area contributed by atoms with E-state index in [1.54, 1.807) is 11.1 Å². The number of fused-ring (bicyclic) bond motifs is 1. The third-order valence-corrected chi connectivity index (χ3v) is 3.98. The quantitative estimate of drug-likeness (QED) is 0.851. The smallest absolute Gasteiger partial charge is 0.254 e. The van der Waals surface area contributed by atoms with E-state index in [-0.39, 0.29) is 42.2 Å². The van der Waals surface area contributed by atoms with E-state index < -0.39 is 0 Å². The van der Waals surface area contributed by atoms with Crippen molar-refractivity contribution in [3.63, 3.8) is 0 Å². The Hall–Kier alpha value is -1.37. The van der Waals surface area contributed by atoms with Crippen LogP contribution < -0.4 is 5.73 Å². The molecule has 0 radical (unpaired) electrons. The Labute approximate surface area is 162 Å². The third kappa shape index (κ3) is 5.06. The Morgan fingerprint density at radius 3 is 2.48 bits per heavy atom. The molecule has 1 amide bonds. The summed E-state index contributed by atoms with van der Waals surface area (Å²) in [6.07, 6.45) is 1.73. The molecule has 25 heavy (non-hydrogen) atoms. The summed E-state index contributed by atoms with van der Waals surface area (Å²) < 4.78 is 1.85. The number of hydrogen-bond acceptors (Lipinski definition) is 4. The Bertz CT molecular complexity index is 727. The van der Waals surface area contributed by atoms with Crippen molar-refractivity contribution in [1.82, 2.24) is 19.7 Å². The number of aromatic nitrogens is 3. The fraction of sp³-hybridized carbons (Fsp3) is 0.588. The van der Waals surface area contributed by atoms with Crippen LogP contribution in [-0.2, 0) is 0 Å². The molecular formula is C17H29Cl2N5O. The van der Waals surface area contributed by atoms with Crippen LogP contribution in [0, 0.1) is 12.3 Å². The monoisotopic (exact) mass is 389 g/mol. The minimum absolute atomic E-state index is 0. The van der Waals surface area contributed by atoms with E-state index in [4.69, 9.17) is 5.73 Å². The standard InChI is InChI=1S/C17H27N5O.2ClH/c1-11(2)22-15-14(8-19-22)13(7-12(3)20-15)16(23)21(6)10-17(4,5)9-18;;/h7-8,11H,9-10,18H2,1-6H3;2*1H. The van der Waals surface area contributed by atoms with Gasteiger partial charge in [0.25, 0.3) is 5.91 Å². The van der Waals surface area contributed by atoms with E-state index >= 15 is 0 Å². The topological polar surface area (TPSA) is 77.0 Å². The molecule has 0 saturated heterocycles. The van der Waals surface area contributed by atoms with Gasteiger partial charge in [0.1, 0.15) is 0 Å². The predicted octanol–water partition coefficient (Wildman–Crippen LogP) is 3.22. The Morgan fingerprint density at radius 1 is 1.36 bits per heavy atom. The maximum absolute atomic E-state index is 12.9. The van der Waals surface area contributed by atoms with Gasteiger partial charge in [-0.3, -0.25) is 4.79 Å².